The third kappa shape index (κ3) is 8.89. The number of carbonyl (C=O) groups excluding carboxylic acids is 1. The minimum atomic E-state index is -3.44. The predicted octanol–water partition coefficient (Wildman–Crippen LogP) is 2.33. The van der Waals surface area contributed by atoms with Gasteiger partial charge in [0.15, 0.2) is 0 Å². The van der Waals surface area contributed by atoms with E-state index < -0.39 is 7.60 Å². The van der Waals surface area contributed by atoms with Gasteiger partial charge >= 0.3 is 13.6 Å². The summed E-state index contributed by atoms with van der Waals surface area (Å²) in [5.74, 6) is -0.245. The van der Waals surface area contributed by atoms with Crippen LogP contribution >= 0.6 is 7.60 Å². The van der Waals surface area contributed by atoms with Crippen molar-refractivity contribution in [2.75, 3.05) is 13.3 Å². The zero-order valence-electron chi connectivity index (χ0n) is 10.1. The number of unbranched alkanes of at least 4 members (excludes halogenated alkanes) is 2. The standard InChI is InChI=1S/C10H21O5P/c1-9(2)15-16(12,13)8-6-4-5-7-10(11)14-3/h9H,4-8H2,1-3H3,(H,12,13). The molecule has 0 spiro atoms. The Hall–Kier alpha value is -0.380. The first-order valence-electron chi connectivity index (χ1n) is 5.44. The summed E-state index contributed by atoms with van der Waals surface area (Å²) in [5.41, 5.74) is 0. The van der Waals surface area contributed by atoms with Gasteiger partial charge in [-0.2, -0.15) is 0 Å². The number of ether oxygens (including phenoxy) is 1. The van der Waals surface area contributed by atoms with Crippen molar-refractivity contribution in [2.24, 2.45) is 0 Å². The first-order valence-corrected chi connectivity index (χ1v) is 7.20. The molecule has 0 aliphatic carbocycles. The molecule has 0 amide bonds. The van der Waals surface area contributed by atoms with Crippen molar-refractivity contribution in [3.8, 4) is 0 Å². The van der Waals surface area contributed by atoms with Crippen LogP contribution in [0.1, 0.15) is 39.5 Å². The molecular weight excluding hydrogens is 231 g/mol. The quantitative estimate of drug-likeness (QED) is 0.407. The molecule has 0 rings (SSSR count). The van der Waals surface area contributed by atoms with Gasteiger partial charge in [0.05, 0.1) is 13.2 Å². The van der Waals surface area contributed by atoms with E-state index in [0.717, 1.165) is 6.42 Å². The lowest BCUT2D eigenvalue weighted by Gasteiger charge is -2.14. The van der Waals surface area contributed by atoms with Crippen LogP contribution in [0, 0.1) is 0 Å². The monoisotopic (exact) mass is 252 g/mol. The summed E-state index contributed by atoms with van der Waals surface area (Å²) in [7, 11) is -2.09. The third-order valence-electron chi connectivity index (χ3n) is 1.92. The molecule has 0 aromatic carbocycles. The number of hydrogen-bond acceptors (Lipinski definition) is 4. The smallest absolute Gasteiger partial charge is 0.328 e. The number of carbonyl (C=O) groups is 1. The molecule has 1 atom stereocenters. The van der Waals surface area contributed by atoms with E-state index in [0.29, 0.717) is 19.3 Å². The molecule has 0 aromatic heterocycles. The van der Waals surface area contributed by atoms with Crippen molar-refractivity contribution in [2.45, 2.75) is 45.6 Å². The van der Waals surface area contributed by atoms with Crippen LogP contribution in [-0.2, 0) is 18.6 Å². The highest BCUT2D eigenvalue weighted by Crippen LogP contribution is 2.44. The molecule has 6 heteroatoms. The lowest BCUT2D eigenvalue weighted by Crippen LogP contribution is -2.03. The molecule has 0 radical (unpaired) electrons. The summed E-state index contributed by atoms with van der Waals surface area (Å²) in [5, 5.41) is 0. The molecule has 96 valence electrons. The Kier molecular flexibility index (Phi) is 7.64. The zero-order valence-corrected chi connectivity index (χ0v) is 11.0. The average Bonchev–Trinajstić information content (AvgIpc) is 2.14. The van der Waals surface area contributed by atoms with Crippen molar-refractivity contribution >= 4 is 13.6 Å². The van der Waals surface area contributed by atoms with E-state index in [1.54, 1.807) is 13.8 Å². The van der Waals surface area contributed by atoms with Crippen LogP contribution in [0.4, 0.5) is 0 Å². The normalized spacial score (nSPS) is 14.8. The van der Waals surface area contributed by atoms with E-state index in [4.69, 9.17) is 4.52 Å². The SMILES string of the molecule is COC(=O)CCCCCP(=O)(O)OC(C)C. The summed E-state index contributed by atoms with van der Waals surface area (Å²) in [6.45, 7) is 3.44. The molecule has 0 bridgehead atoms. The average molecular weight is 252 g/mol. The maximum Gasteiger partial charge on any atom is 0.328 e. The lowest BCUT2D eigenvalue weighted by atomic mass is 10.2. The second-order valence-electron chi connectivity index (χ2n) is 3.90. The highest BCUT2D eigenvalue weighted by molar-refractivity contribution is 7.52. The fourth-order valence-corrected chi connectivity index (χ4v) is 2.63. The van der Waals surface area contributed by atoms with Gasteiger partial charge in [0.25, 0.3) is 0 Å². The molecular formula is C10H21O5P. The predicted molar refractivity (Wildman–Crippen MR) is 61.4 cm³/mol. The van der Waals surface area contributed by atoms with Gasteiger partial charge in [-0.15, -0.1) is 0 Å². The van der Waals surface area contributed by atoms with E-state index in [1.165, 1.54) is 7.11 Å². The van der Waals surface area contributed by atoms with Crippen LogP contribution in [0.2, 0.25) is 0 Å². The zero-order chi connectivity index (χ0) is 12.6. The molecule has 16 heavy (non-hydrogen) atoms. The van der Waals surface area contributed by atoms with Crippen LogP contribution in [0.15, 0.2) is 0 Å². The number of esters is 1. The number of methoxy groups -OCH3 is 1. The van der Waals surface area contributed by atoms with Crippen LogP contribution in [-0.4, -0.2) is 30.2 Å². The summed E-state index contributed by atoms with van der Waals surface area (Å²) in [4.78, 5) is 20.1. The van der Waals surface area contributed by atoms with Crippen LogP contribution in [0.3, 0.4) is 0 Å². The molecule has 0 aliphatic heterocycles. The van der Waals surface area contributed by atoms with Gasteiger partial charge in [0, 0.05) is 12.6 Å². The minimum Gasteiger partial charge on any atom is -0.469 e. The molecule has 1 unspecified atom stereocenters. The highest BCUT2D eigenvalue weighted by Gasteiger charge is 2.19. The third-order valence-corrected chi connectivity index (χ3v) is 3.56. The Morgan fingerprint density at radius 1 is 1.31 bits per heavy atom. The maximum absolute atomic E-state index is 11.4. The van der Waals surface area contributed by atoms with Gasteiger partial charge in [-0.1, -0.05) is 6.42 Å². The lowest BCUT2D eigenvalue weighted by molar-refractivity contribution is -0.140. The number of rotatable bonds is 8. The van der Waals surface area contributed by atoms with Gasteiger partial charge in [0.2, 0.25) is 0 Å². The Labute approximate surface area is 96.7 Å². The van der Waals surface area contributed by atoms with E-state index in [-0.39, 0.29) is 18.2 Å². The van der Waals surface area contributed by atoms with E-state index in [9.17, 15) is 14.3 Å². The van der Waals surface area contributed by atoms with Crippen molar-refractivity contribution in [3.05, 3.63) is 0 Å². The number of hydrogen-bond donors (Lipinski definition) is 1. The molecule has 0 aromatic rings. The van der Waals surface area contributed by atoms with Crippen molar-refractivity contribution < 1.29 is 23.5 Å². The Bertz CT molecular complexity index is 252. The minimum absolute atomic E-state index is 0.145. The van der Waals surface area contributed by atoms with E-state index >= 15 is 0 Å². The fraction of sp³-hybridized carbons (Fsp3) is 0.900. The van der Waals surface area contributed by atoms with Crippen molar-refractivity contribution in [1.82, 2.24) is 0 Å². The molecule has 0 saturated heterocycles. The molecule has 0 fully saturated rings. The second-order valence-corrected chi connectivity index (χ2v) is 5.83. The highest BCUT2D eigenvalue weighted by atomic mass is 31.2. The Balaban J connectivity index is 3.58. The van der Waals surface area contributed by atoms with Crippen molar-refractivity contribution in [1.29, 1.82) is 0 Å². The summed E-state index contributed by atoms with van der Waals surface area (Å²) in [6, 6.07) is 0. The van der Waals surface area contributed by atoms with Gasteiger partial charge in [0.1, 0.15) is 0 Å². The summed E-state index contributed by atoms with van der Waals surface area (Å²) < 4.78 is 20.8. The van der Waals surface area contributed by atoms with Crippen LogP contribution in [0.25, 0.3) is 0 Å². The second kappa shape index (κ2) is 7.82. The van der Waals surface area contributed by atoms with E-state index in [1.807, 2.05) is 0 Å². The first kappa shape index (κ1) is 15.6. The largest absolute Gasteiger partial charge is 0.469 e. The van der Waals surface area contributed by atoms with Crippen LogP contribution < -0.4 is 0 Å². The maximum atomic E-state index is 11.4. The summed E-state index contributed by atoms with van der Waals surface area (Å²) >= 11 is 0. The van der Waals surface area contributed by atoms with E-state index in [2.05, 4.69) is 4.74 Å². The van der Waals surface area contributed by atoms with Gasteiger partial charge in [-0.05, 0) is 26.7 Å². The molecule has 0 heterocycles. The van der Waals surface area contributed by atoms with Gasteiger partial charge in [-0.3, -0.25) is 9.36 Å². The fourth-order valence-electron chi connectivity index (χ4n) is 1.24. The first-order chi connectivity index (χ1) is 7.37. The molecule has 5 nitrogen and oxygen atoms in total. The molecule has 1 N–H and O–H groups in total. The van der Waals surface area contributed by atoms with Gasteiger partial charge in [-0.25, -0.2) is 0 Å². The summed E-state index contributed by atoms with van der Waals surface area (Å²) in [6.07, 6.45) is 2.24. The molecule has 0 aliphatic rings. The molecule has 0 saturated carbocycles. The van der Waals surface area contributed by atoms with Gasteiger partial charge < -0.3 is 14.2 Å². The Morgan fingerprint density at radius 3 is 2.44 bits per heavy atom. The van der Waals surface area contributed by atoms with Crippen molar-refractivity contribution in [3.63, 3.8) is 0 Å². The topological polar surface area (TPSA) is 72.8 Å². The Morgan fingerprint density at radius 2 is 1.94 bits per heavy atom. The van der Waals surface area contributed by atoms with Crippen LogP contribution in [0.5, 0.6) is 0 Å².